The Morgan fingerprint density at radius 1 is 0.947 bits per heavy atom. The van der Waals surface area contributed by atoms with Gasteiger partial charge in [0.2, 0.25) is 0 Å². The average molecular weight is 319 g/mol. The van der Waals surface area contributed by atoms with Gasteiger partial charge in [0.25, 0.3) is 0 Å². The van der Waals surface area contributed by atoms with Crippen molar-refractivity contribution in [3.63, 3.8) is 0 Å². The van der Waals surface area contributed by atoms with E-state index < -0.39 is 0 Å². The van der Waals surface area contributed by atoms with Crippen LogP contribution in [0.3, 0.4) is 0 Å². The monoisotopic (exact) mass is 320 g/mol. The van der Waals surface area contributed by atoms with Crippen molar-refractivity contribution in [2.45, 2.75) is 51.9 Å². The summed E-state index contributed by atoms with van der Waals surface area (Å²) in [5, 5.41) is 0. The van der Waals surface area contributed by atoms with Crippen molar-refractivity contribution in [1.82, 2.24) is 0 Å². The van der Waals surface area contributed by atoms with Gasteiger partial charge in [-0.1, -0.05) is 0 Å². The molecular formula is C18H24Se. The van der Waals surface area contributed by atoms with Crippen LogP contribution < -0.4 is 4.46 Å². The van der Waals surface area contributed by atoms with Crippen LogP contribution in [0.2, 0.25) is 0 Å². The van der Waals surface area contributed by atoms with Crippen LogP contribution in [0.25, 0.3) is 6.08 Å². The zero-order valence-electron chi connectivity index (χ0n) is 11.9. The fourth-order valence-corrected chi connectivity index (χ4v) is 4.62. The summed E-state index contributed by atoms with van der Waals surface area (Å²) in [6.45, 7) is 2.28. The van der Waals surface area contributed by atoms with Crippen LogP contribution in [-0.4, -0.2) is 15.0 Å². The van der Waals surface area contributed by atoms with Crippen LogP contribution in [0.15, 0.2) is 40.9 Å². The number of unbranched alkanes of at least 4 members (excludes halogenated alkanes) is 5. The molecule has 1 aliphatic rings. The summed E-state index contributed by atoms with van der Waals surface area (Å²) in [5.74, 6) is 0. The molecule has 19 heavy (non-hydrogen) atoms. The Bertz CT molecular complexity index is 443. The first-order valence-electron chi connectivity index (χ1n) is 7.54. The summed E-state index contributed by atoms with van der Waals surface area (Å²) in [4.78, 5) is 0. The first kappa shape index (κ1) is 14.6. The van der Waals surface area contributed by atoms with Gasteiger partial charge in [-0.25, -0.2) is 0 Å². The molecule has 0 spiro atoms. The minimum atomic E-state index is 0.531. The first-order chi connectivity index (χ1) is 9.40. The Hall–Kier alpha value is -0.781. The molecule has 0 radical (unpaired) electrons. The van der Waals surface area contributed by atoms with Crippen molar-refractivity contribution >= 4 is 25.5 Å². The van der Waals surface area contributed by atoms with Gasteiger partial charge in [-0.05, 0) is 0 Å². The summed E-state index contributed by atoms with van der Waals surface area (Å²) >= 11 is 0.531. The molecule has 0 saturated carbocycles. The zero-order valence-corrected chi connectivity index (χ0v) is 13.6. The van der Waals surface area contributed by atoms with Crippen LogP contribution >= 0.6 is 0 Å². The predicted molar refractivity (Wildman–Crippen MR) is 86.9 cm³/mol. The topological polar surface area (TPSA) is 0 Å². The maximum absolute atomic E-state index is 2.35. The van der Waals surface area contributed by atoms with Crippen molar-refractivity contribution in [3.05, 3.63) is 46.5 Å². The molecule has 1 aromatic carbocycles. The SMILES string of the molecule is CCCCCCCCC1=CC=Cc2ccccc2[Se]1. The van der Waals surface area contributed by atoms with Gasteiger partial charge < -0.3 is 0 Å². The Morgan fingerprint density at radius 3 is 2.63 bits per heavy atom. The molecule has 1 heterocycles. The quantitative estimate of drug-likeness (QED) is 0.506. The third-order valence-corrected chi connectivity index (χ3v) is 6.00. The maximum atomic E-state index is 2.35. The summed E-state index contributed by atoms with van der Waals surface area (Å²) in [6, 6.07) is 8.83. The molecule has 0 atom stereocenters. The summed E-state index contributed by atoms with van der Waals surface area (Å²) in [6.07, 6.45) is 16.5. The minimum absolute atomic E-state index is 0.531. The number of benzene rings is 1. The normalized spacial score (nSPS) is 13.8. The molecule has 0 fully saturated rings. The van der Waals surface area contributed by atoms with E-state index >= 15 is 0 Å². The van der Waals surface area contributed by atoms with Gasteiger partial charge in [0.1, 0.15) is 0 Å². The first-order valence-corrected chi connectivity index (χ1v) is 9.25. The van der Waals surface area contributed by atoms with E-state index in [1.165, 1.54) is 50.5 Å². The van der Waals surface area contributed by atoms with Crippen molar-refractivity contribution in [1.29, 1.82) is 0 Å². The number of fused-ring (bicyclic) bond motifs is 1. The number of hydrogen-bond donors (Lipinski definition) is 0. The molecular weight excluding hydrogens is 295 g/mol. The van der Waals surface area contributed by atoms with Crippen LogP contribution in [0, 0.1) is 0 Å². The van der Waals surface area contributed by atoms with Gasteiger partial charge in [0.15, 0.2) is 0 Å². The fraction of sp³-hybridized carbons (Fsp3) is 0.444. The molecule has 102 valence electrons. The van der Waals surface area contributed by atoms with E-state index in [1.807, 2.05) is 0 Å². The van der Waals surface area contributed by atoms with Gasteiger partial charge in [-0.15, -0.1) is 0 Å². The summed E-state index contributed by atoms with van der Waals surface area (Å²) < 4.78 is 3.20. The second-order valence-corrected chi connectivity index (χ2v) is 7.60. The van der Waals surface area contributed by atoms with Gasteiger partial charge in [0, 0.05) is 0 Å². The molecule has 0 unspecified atom stereocenters. The van der Waals surface area contributed by atoms with Crippen LogP contribution in [0.5, 0.6) is 0 Å². The molecule has 0 aliphatic carbocycles. The van der Waals surface area contributed by atoms with Gasteiger partial charge in [0.05, 0.1) is 0 Å². The van der Waals surface area contributed by atoms with E-state index in [0.717, 1.165) is 0 Å². The van der Waals surface area contributed by atoms with Gasteiger partial charge >= 0.3 is 124 Å². The standard InChI is InChI=1S/C18H24Se/c1-2-3-4-5-6-7-13-17-14-10-12-16-11-8-9-15-18(16)19-17/h8-12,14-15H,2-7,13H2,1H3. The van der Waals surface area contributed by atoms with E-state index in [0.29, 0.717) is 15.0 Å². The van der Waals surface area contributed by atoms with Gasteiger partial charge in [-0.3, -0.25) is 0 Å². The zero-order chi connectivity index (χ0) is 13.3. The number of hydrogen-bond acceptors (Lipinski definition) is 0. The fourth-order valence-electron chi connectivity index (χ4n) is 2.36. The Morgan fingerprint density at radius 2 is 1.74 bits per heavy atom. The molecule has 1 heteroatoms. The number of allylic oxidation sites excluding steroid dienone is 3. The summed E-state index contributed by atoms with van der Waals surface area (Å²) in [5.41, 5.74) is 1.41. The number of rotatable bonds is 7. The Kier molecular flexibility index (Phi) is 6.47. The second-order valence-electron chi connectivity index (χ2n) is 5.15. The Labute approximate surface area is 124 Å². The molecule has 0 bridgehead atoms. The van der Waals surface area contributed by atoms with E-state index in [-0.39, 0.29) is 0 Å². The van der Waals surface area contributed by atoms with Crippen LogP contribution in [0.4, 0.5) is 0 Å². The average Bonchev–Trinajstić information content (AvgIpc) is 2.64. The third-order valence-electron chi connectivity index (χ3n) is 3.49. The third kappa shape index (κ3) is 5.01. The molecule has 0 aromatic heterocycles. The van der Waals surface area contributed by atoms with Crippen molar-refractivity contribution in [2.24, 2.45) is 0 Å². The van der Waals surface area contributed by atoms with Gasteiger partial charge in [-0.2, -0.15) is 0 Å². The van der Waals surface area contributed by atoms with Crippen molar-refractivity contribution in [2.75, 3.05) is 0 Å². The molecule has 0 nitrogen and oxygen atoms in total. The molecule has 0 amide bonds. The predicted octanol–water partition coefficient (Wildman–Crippen LogP) is 4.68. The van der Waals surface area contributed by atoms with Crippen LogP contribution in [-0.2, 0) is 0 Å². The molecule has 2 rings (SSSR count). The van der Waals surface area contributed by atoms with E-state index in [9.17, 15) is 0 Å². The summed E-state index contributed by atoms with van der Waals surface area (Å²) in [7, 11) is 0. The van der Waals surface area contributed by atoms with Crippen molar-refractivity contribution in [3.8, 4) is 0 Å². The van der Waals surface area contributed by atoms with E-state index in [4.69, 9.17) is 0 Å². The second kappa shape index (κ2) is 8.40. The van der Waals surface area contributed by atoms with E-state index in [1.54, 1.807) is 8.93 Å². The van der Waals surface area contributed by atoms with Crippen molar-refractivity contribution < 1.29 is 0 Å². The Balaban J connectivity index is 1.77. The molecule has 0 saturated heterocycles. The van der Waals surface area contributed by atoms with E-state index in [2.05, 4.69) is 49.4 Å². The molecule has 0 N–H and O–H groups in total. The molecule has 1 aromatic rings. The van der Waals surface area contributed by atoms with Crippen LogP contribution in [0.1, 0.15) is 57.4 Å². The molecule has 1 aliphatic heterocycles.